The van der Waals surface area contributed by atoms with E-state index in [0.29, 0.717) is 29.5 Å². The van der Waals surface area contributed by atoms with Crippen LogP contribution in [0.2, 0.25) is 0 Å². The summed E-state index contributed by atoms with van der Waals surface area (Å²) in [6, 6.07) is 12.6. The van der Waals surface area contributed by atoms with Gasteiger partial charge < -0.3 is 24.8 Å². The molecule has 24 heavy (non-hydrogen) atoms. The summed E-state index contributed by atoms with van der Waals surface area (Å²) in [6.45, 7) is 2.64. The number of methoxy groups -OCH3 is 2. The highest BCUT2D eigenvalue weighted by Crippen LogP contribution is 2.28. The van der Waals surface area contributed by atoms with Crippen LogP contribution in [0.5, 0.6) is 17.2 Å². The Morgan fingerprint density at radius 3 is 2.33 bits per heavy atom. The molecule has 0 radical (unpaired) electrons. The molecular weight excluding hydrogens is 308 g/mol. The zero-order chi connectivity index (χ0) is 17.4. The second kappa shape index (κ2) is 8.67. The van der Waals surface area contributed by atoms with Crippen molar-refractivity contribution in [1.29, 1.82) is 0 Å². The molecule has 0 spiro atoms. The van der Waals surface area contributed by atoms with E-state index in [1.54, 1.807) is 44.6 Å². The highest BCUT2D eigenvalue weighted by atomic mass is 16.5. The van der Waals surface area contributed by atoms with E-state index < -0.39 is 0 Å². The van der Waals surface area contributed by atoms with Crippen LogP contribution in [0, 0.1) is 0 Å². The maximum absolute atomic E-state index is 12.1. The van der Waals surface area contributed by atoms with E-state index in [9.17, 15) is 4.79 Å². The number of ether oxygens (including phenoxy) is 3. The number of hydrogen-bond acceptors (Lipinski definition) is 5. The zero-order valence-corrected chi connectivity index (χ0v) is 14.1. The summed E-state index contributed by atoms with van der Waals surface area (Å²) in [4.78, 5) is 12.1. The summed E-state index contributed by atoms with van der Waals surface area (Å²) < 4.78 is 15.8. The van der Waals surface area contributed by atoms with Crippen molar-refractivity contribution in [1.82, 2.24) is 0 Å². The summed E-state index contributed by atoms with van der Waals surface area (Å²) in [5, 5.41) is 5.87. The largest absolute Gasteiger partial charge is 0.497 e. The molecule has 0 bridgehead atoms. The van der Waals surface area contributed by atoms with Crippen LogP contribution in [0.25, 0.3) is 0 Å². The van der Waals surface area contributed by atoms with Gasteiger partial charge >= 0.3 is 0 Å². The number of anilines is 2. The lowest BCUT2D eigenvalue weighted by atomic mass is 10.2. The molecule has 6 heteroatoms. The predicted molar refractivity (Wildman–Crippen MR) is 94.3 cm³/mol. The van der Waals surface area contributed by atoms with Crippen LogP contribution in [0.15, 0.2) is 42.5 Å². The molecule has 128 valence electrons. The number of rotatable bonds is 8. The third kappa shape index (κ3) is 4.81. The third-order valence-electron chi connectivity index (χ3n) is 3.30. The normalized spacial score (nSPS) is 9.96. The van der Waals surface area contributed by atoms with E-state index in [1.807, 2.05) is 19.1 Å². The second-order valence-corrected chi connectivity index (χ2v) is 4.93. The van der Waals surface area contributed by atoms with E-state index in [-0.39, 0.29) is 12.5 Å². The molecule has 2 N–H and O–H groups in total. The van der Waals surface area contributed by atoms with Crippen molar-refractivity contribution in [3.8, 4) is 17.2 Å². The van der Waals surface area contributed by atoms with Gasteiger partial charge in [0.15, 0.2) is 0 Å². The fraction of sp³-hybridized carbons (Fsp3) is 0.278. The molecular formula is C18H22N2O4. The number of carbonyl (C=O) groups is 1. The first-order valence-corrected chi connectivity index (χ1v) is 7.65. The SMILES string of the molecule is CCOc1ccc(NC(=O)CNc2cc(OC)ccc2OC)cc1. The number of nitrogens with one attached hydrogen (secondary N) is 2. The standard InChI is InChI=1S/C18H22N2O4/c1-4-24-14-7-5-13(6-8-14)20-18(21)12-19-16-11-15(22-2)9-10-17(16)23-3/h5-11,19H,4,12H2,1-3H3,(H,20,21). The van der Waals surface area contributed by atoms with Crippen LogP contribution in [-0.4, -0.2) is 33.3 Å². The Kier molecular flexibility index (Phi) is 6.31. The van der Waals surface area contributed by atoms with Gasteiger partial charge in [-0.15, -0.1) is 0 Å². The Bertz CT molecular complexity index is 671. The first-order chi connectivity index (χ1) is 11.7. The van der Waals surface area contributed by atoms with Crippen LogP contribution in [0.1, 0.15) is 6.92 Å². The molecule has 0 saturated carbocycles. The molecule has 0 aliphatic heterocycles. The molecule has 0 saturated heterocycles. The van der Waals surface area contributed by atoms with Gasteiger partial charge in [0, 0.05) is 11.8 Å². The number of carbonyl (C=O) groups excluding carboxylic acids is 1. The third-order valence-corrected chi connectivity index (χ3v) is 3.30. The molecule has 2 aromatic carbocycles. The topological polar surface area (TPSA) is 68.8 Å². The minimum atomic E-state index is -0.163. The maximum Gasteiger partial charge on any atom is 0.243 e. The van der Waals surface area contributed by atoms with E-state index in [4.69, 9.17) is 14.2 Å². The van der Waals surface area contributed by atoms with E-state index in [1.165, 1.54) is 0 Å². The maximum atomic E-state index is 12.1. The van der Waals surface area contributed by atoms with Crippen molar-refractivity contribution in [3.05, 3.63) is 42.5 Å². The van der Waals surface area contributed by atoms with Gasteiger partial charge in [0.2, 0.25) is 5.91 Å². The molecule has 0 aromatic heterocycles. The fourth-order valence-electron chi connectivity index (χ4n) is 2.13. The second-order valence-electron chi connectivity index (χ2n) is 4.93. The van der Waals surface area contributed by atoms with Crippen molar-refractivity contribution in [3.63, 3.8) is 0 Å². The quantitative estimate of drug-likeness (QED) is 0.778. The number of benzene rings is 2. The molecule has 1 amide bonds. The Labute approximate surface area is 141 Å². The van der Waals surface area contributed by atoms with E-state index in [0.717, 1.165) is 5.75 Å². The molecule has 0 fully saturated rings. The molecule has 0 aliphatic rings. The summed E-state index contributed by atoms with van der Waals surface area (Å²) in [7, 11) is 3.16. The van der Waals surface area contributed by atoms with Crippen LogP contribution in [0.3, 0.4) is 0 Å². The molecule has 0 aliphatic carbocycles. The molecule has 6 nitrogen and oxygen atoms in total. The van der Waals surface area contributed by atoms with Crippen LogP contribution in [0.4, 0.5) is 11.4 Å². The first-order valence-electron chi connectivity index (χ1n) is 7.65. The summed E-state index contributed by atoms with van der Waals surface area (Å²) >= 11 is 0. The molecule has 0 heterocycles. The van der Waals surface area contributed by atoms with Crippen LogP contribution in [-0.2, 0) is 4.79 Å². The van der Waals surface area contributed by atoms with Crippen molar-refractivity contribution in [2.24, 2.45) is 0 Å². The summed E-state index contributed by atoms with van der Waals surface area (Å²) in [5.41, 5.74) is 1.40. The fourth-order valence-corrected chi connectivity index (χ4v) is 2.13. The van der Waals surface area contributed by atoms with Gasteiger partial charge in [-0.1, -0.05) is 0 Å². The van der Waals surface area contributed by atoms with Crippen LogP contribution < -0.4 is 24.8 Å². The van der Waals surface area contributed by atoms with E-state index >= 15 is 0 Å². The summed E-state index contributed by atoms with van der Waals surface area (Å²) in [6.07, 6.45) is 0. The van der Waals surface area contributed by atoms with Crippen molar-refractivity contribution >= 4 is 17.3 Å². The first kappa shape index (κ1) is 17.5. The molecule has 0 atom stereocenters. The lowest BCUT2D eigenvalue weighted by molar-refractivity contribution is -0.114. The molecule has 2 aromatic rings. The minimum absolute atomic E-state index is 0.108. The number of amides is 1. The lowest BCUT2D eigenvalue weighted by Gasteiger charge is -2.13. The minimum Gasteiger partial charge on any atom is -0.497 e. The Hall–Kier alpha value is -2.89. The van der Waals surface area contributed by atoms with Crippen LogP contribution >= 0.6 is 0 Å². The van der Waals surface area contributed by atoms with Gasteiger partial charge in [0.1, 0.15) is 17.2 Å². The van der Waals surface area contributed by atoms with Gasteiger partial charge in [-0.25, -0.2) is 0 Å². The van der Waals surface area contributed by atoms with Crippen molar-refractivity contribution < 1.29 is 19.0 Å². The number of hydrogen-bond donors (Lipinski definition) is 2. The molecule has 0 unspecified atom stereocenters. The van der Waals surface area contributed by atoms with E-state index in [2.05, 4.69) is 10.6 Å². The van der Waals surface area contributed by atoms with Crippen molar-refractivity contribution in [2.45, 2.75) is 6.92 Å². The highest BCUT2D eigenvalue weighted by molar-refractivity contribution is 5.94. The van der Waals surface area contributed by atoms with Gasteiger partial charge in [-0.05, 0) is 43.3 Å². The summed E-state index contributed by atoms with van der Waals surface area (Å²) in [5.74, 6) is 1.94. The molecule has 2 rings (SSSR count). The monoisotopic (exact) mass is 330 g/mol. The van der Waals surface area contributed by atoms with Gasteiger partial charge in [-0.2, -0.15) is 0 Å². The Morgan fingerprint density at radius 2 is 1.71 bits per heavy atom. The lowest BCUT2D eigenvalue weighted by Crippen LogP contribution is -2.21. The average molecular weight is 330 g/mol. The van der Waals surface area contributed by atoms with Crippen molar-refractivity contribution in [2.75, 3.05) is 38.0 Å². The highest BCUT2D eigenvalue weighted by Gasteiger charge is 2.08. The zero-order valence-electron chi connectivity index (χ0n) is 14.1. The Morgan fingerprint density at radius 1 is 1.00 bits per heavy atom. The predicted octanol–water partition coefficient (Wildman–Crippen LogP) is 3.15. The Balaban J connectivity index is 1.93. The average Bonchev–Trinajstić information content (AvgIpc) is 2.61. The smallest absolute Gasteiger partial charge is 0.243 e. The van der Waals surface area contributed by atoms with Gasteiger partial charge in [-0.3, -0.25) is 4.79 Å². The van der Waals surface area contributed by atoms with Gasteiger partial charge in [0.05, 0.1) is 33.1 Å². The van der Waals surface area contributed by atoms with Gasteiger partial charge in [0.25, 0.3) is 0 Å².